The molecule has 7 heteroatoms. The fraction of sp³-hybridized carbons (Fsp3) is 0.389. The van der Waals surface area contributed by atoms with Crippen LogP contribution in [0.2, 0.25) is 0 Å². The van der Waals surface area contributed by atoms with E-state index in [1.165, 1.54) is 0 Å². The van der Waals surface area contributed by atoms with E-state index in [4.69, 9.17) is 0 Å². The molecule has 3 aromatic rings. The molecule has 0 bridgehead atoms. The summed E-state index contributed by atoms with van der Waals surface area (Å²) in [5.74, 6) is 0.00739. The van der Waals surface area contributed by atoms with E-state index >= 15 is 0 Å². The second-order valence-corrected chi connectivity index (χ2v) is 6.74. The van der Waals surface area contributed by atoms with Crippen LogP contribution >= 0.6 is 0 Å². The Hall–Kier alpha value is -2.83. The zero-order chi connectivity index (χ0) is 17.6. The zero-order valence-electron chi connectivity index (χ0n) is 14.4. The van der Waals surface area contributed by atoms with Crippen molar-refractivity contribution >= 4 is 16.9 Å². The van der Waals surface area contributed by atoms with Crippen LogP contribution in [0.5, 0.6) is 0 Å². The average molecular weight is 339 g/mol. The Balaban J connectivity index is 1.58. The van der Waals surface area contributed by atoms with E-state index in [1.807, 2.05) is 23.4 Å². The molecule has 1 aliphatic rings. The van der Waals surface area contributed by atoms with E-state index in [0.717, 1.165) is 30.8 Å². The summed E-state index contributed by atoms with van der Waals surface area (Å²) in [6, 6.07) is 7.48. The first-order chi connectivity index (χ1) is 12.0. The Morgan fingerprint density at radius 1 is 1.24 bits per heavy atom. The van der Waals surface area contributed by atoms with Gasteiger partial charge in [-0.05, 0) is 51.0 Å². The maximum Gasteiger partial charge on any atom is 0.323 e. The predicted molar refractivity (Wildman–Crippen MR) is 94.7 cm³/mol. The second-order valence-electron chi connectivity index (χ2n) is 6.74. The number of hydrogen-bond donors (Lipinski definition) is 2. The lowest BCUT2D eigenvalue weighted by Gasteiger charge is -2.25. The van der Waals surface area contributed by atoms with Gasteiger partial charge in [0.05, 0.1) is 29.3 Å². The van der Waals surface area contributed by atoms with Crippen LogP contribution in [0.4, 0.5) is 0 Å². The summed E-state index contributed by atoms with van der Waals surface area (Å²) in [6.07, 6.45) is 1.98. The molecule has 7 nitrogen and oxygen atoms in total. The van der Waals surface area contributed by atoms with Crippen LogP contribution in [0.3, 0.4) is 0 Å². The first-order valence-corrected chi connectivity index (χ1v) is 8.55. The molecule has 1 atom stereocenters. The molecule has 130 valence electrons. The first kappa shape index (κ1) is 15.7. The number of carbonyl (C=O) groups is 1. The number of nitrogens with zero attached hydrogens (tertiary/aromatic N) is 3. The van der Waals surface area contributed by atoms with E-state index in [1.54, 1.807) is 18.2 Å². The predicted octanol–water partition coefficient (Wildman–Crippen LogP) is 1.97. The molecule has 1 saturated heterocycles. The lowest BCUT2D eigenvalue weighted by Crippen LogP contribution is -2.38. The summed E-state index contributed by atoms with van der Waals surface area (Å²) < 4.78 is 1.98. The summed E-state index contributed by atoms with van der Waals surface area (Å²) in [5, 5.41) is 4.52. The molecule has 0 saturated carbocycles. The molecule has 1 amide bonds. The molecule has 1 fully saturated rings. The van der Waals surface area contributed by atoms with Crippen LogP contribution in [0.1, 0.15) is 34.6 Å². The molecule has 1 aromatic carbocycles. The maximum absolute atomic E-state index is 13.0. The van der Waals surface area contributed by atoms with Gasteiger partial charge in [0.1, 0.15) is 0 Å². The molecule has 25 heavy (non-hydrogen) atoms. The number of nitrogens with one attached hydrogen (secondary N) is 2. The minimum Gasteiger partial charge on any atom is -0.334 e. The summed E-state index contributed by atoms with van der Waals surface area (Å²) in [4.78, 5) is 31.7. The second kappa shape index (κ2) is 5.91. The van der Waals surface area contributed by atoms with Crippen molar-refractivity contribution in [2.24, 2.45) is 0 Å². The van der Waals surface area contributed by atoms with Crippen molar-refractivity contribution in [2.75, 3.05) is 6.54 Å². The quantitative estimate of drug-likeness (QED) is 0.765. The highest BCUT2D eigenvalue weighted by molar-refractivity contribution is 5.97. The Bertz CT molecular complexity index is 996. The Morgan fingerprint density at radius 3 is 2.80 bits per heavy atom. The van der Waals surface area contributed by atoms with Gasteiger partial charge in [-0.1, -0.05) is 0 Å². The number of likely N-dealkylation sites (tertiary alicyclic amines) is 1. The molecular formula is C18H21N5O2. The van der Waals surface area contributed by atoms with Gasteiger partial charge in [-0.25, -0.2) is 4.79 Å². The molecule has 1 aliphatic heterocycles. The van der Waals surface area contributed by atoms with E-state index in [-0.39, 0.29) is 17.6 Å². The molecule has 0 aliphatic carbocycles. The minimum atomic E-state index is -0.261. The van der Waals surface area contributed by atoms with Crippen LogP contribution in [-0.2, 0) is 6.54 Å². The summed E-state index contributed by atoms with van der Waals surface area (Å²) in [5.41, 5.74) is 3.82. The number of carbonyl (C=O) groups excluding carboxylic acids is 1. The Labute approximate surface area is 144 Å². The van der Waals surface area contributed by atoms with Gasteiger partial charge in [0, 0.05) is 17.8 Å². The number of rotatable bonds is 3. The number of fused-ring (bicyclic) bond motifs is 1. The number of benzene rings is 1. The van der Waals surface area contributed by atoms with Crippen LogP contribution in [-0.4, -0.2) is 43.1 Å². The van der Waals surface area contributed by atoms with E-state index < -0.39 is 0 Å². The summed E-state index contributed by atoms with van der Waals surface area (Å²) >= 11 is 0. The highest BCUT2D eigenvalue weighted by Gasteiger charge is 2.30. The van der Waals surface area contributed by atoms with Gasteiger partial charge in [-0.15, -0.1) is 0 Å². The van der Waals surface area contributed by atoms with Crippen molar-refractivity contribution in [3.05, 3.63) is 51.7 Å². The van der Waals surface area contributed by atoms with Gasteiger partial charge in [0.15, 0.2) is 0 Å². The number of amides is 1. The first-order valence-electron chi connectivity index (χ1n) is 8.55. The van der Waals surface area contributed by atoms with Crippen molar-refractivity contribution in [1.29, 1.82) is 0 Å². The van der Waals surface area contributed by atoms with Crippen molar-refractivity contribution in [2.45, 2.75) is 39.3 Å². The average Bonchev–Trinajstić information content (AvgIpc) is 3.25. The van der Waals surface area contributed by atoms with E-state index in [2.05, 4.69) is 21.1 Å². The Morgan fingerprint density at radius 2 is 2.04 bits per heavy atom. The van der Waals surface area contributed by atoms with Gasteiger partial charge >= 0.3 is 5.69 Å². The normalized spacial score (nSPS) is 17.5. The van der Waals surface area contributed by atoms with Crippen molar-refractivity contribution < 1.29 is 4.79 Å². The highest BCUT2D eigenvalue weighted by Crippen LogP contribution is 2.23. The molecular weight excluding hydrogens is 318 g/mol. The van der Waals surface area contributed by atoms with Crippen LogP contribution < -0.4 is 5.69 Å². The topological polar surface area (TPSA) is 86.8 Å². The summed E-state index contributed by atoms with van der Waals surface area (Å²) in [7, 11) is 0. The van der Waals surface area contributed by atoms with Gasteiger partial charge in [-0.3, -0.25) is 9.48 Å². The Kier molecular flexibility index (Phi) is 3.71. The van der Waals surface area contributed by atoms with Crippen LogP contribution in [0.25, 0.3) is 11.0 Å². The molecule has 0 radical (unpaired) electrons. The van der Waals surface area contributed by atoms with E-state index in [0.29, 0.717) is 23.1 Å². The summed E-state index contributed by atoms with van der Waals surface area (Å²) in [6.45, 7) is 5.49. The van der Waals surface area contributed by atoms with Crippen LogP contribution in [0.15, 0.2) is 29.1 Å². The molecule has 2 N–H and O–H groups in total. The number of aryl methyl sites for hydroxylation is 2. The number of hydrogen-bond acceptors (Lipinski definition) is 3. The molecule has 4 rings (SSSR count). The highest BCUT2D eigenvalue weighted by atomic mass is 16.2. The third-order valence-electron chi connectivity index (χ3n) is 4.89. The number of imidazole rings is 1. The van der Waals surface area contributed by atoms with Crippen molar-refractivity contribution in [1.82, 2.24) is 24.6 Å². The molecule has 2 aromatic heterocycles. The van der Waals surface area contributed by atoms with Crippen molar-refractivity contribution in [3.63, 3.8) is 0 Å². The molecule has 0 spiro atoms. The van der Waals surface area contributed by atoms with Crippen LogP contribution in [0, 0.1) is 13.8 Å². The fourth-order valence-corrected chi connectivity index (χ4v) is 3.68. The van der Waals surface area contributed by atoms with Gasteiger partial charge < -0.3 is 14.9 Å². The van der Waals surface area contributed by atoms with Gasteiger partial charge in [0.25, 0.3) is 5.91 Å². The maximum atomic E-state index is 13.0. The fourth-order valence-electron chi connectivity index (χ4n) is 3.68. The number of H-pyrrole nitrogens is 2. The lowest BCUT2D eigenvalue weighted by molar-refractivity contribution is 0.0721. The number of aromatic amines is 2. The minimum absolute atomic E-state index is 0.00739. The molecule has 3 heterocycles. The standard InChI is InChI=1S/C18H21N5O2/c1-11-8-12(2)23(21-11)10-14-4-3-7-22(14)17(24)13-5-6-15-16(9-13)20-18(25)19-15/h5-6,8-9,14H,3-4,7,10H2,1-2H3,(H2,19,20,25). The SMILES string of the molecule is Cc1cc(C)n(CC2CCCN2C(=O)c2ccc3[nH]c(=O)[nH]c3c2)n1. The van der Waals surface area contributed by atoms with Crippen molar-refractivity contribution in [3.8, 4) is 0 Å². The number of aromatic nitrogens is 4. The third-order valence-corrected chi connectivity index (χ3v) is 4.89. The lowest BCUT2D eigenvalue weighted by atomic mass is 10.1. The van der Waals surface area contributed by atoms with Gasteiger partial charge in [0.2, 0.25) is 0 Å². The zero-order valence-corrected chi connectivity index (χ0v) is 14.4. The molecule has 1 unspecified atom stereocenters. The van der Waals surface area contributed by atoms with Gasteiger partial charge in [-0.2, -0.15) is 5.10 Å². The smallest absolute Gasteiger partial charge is 0.323 e. The third kappa shape index (κ3) is 2.86. The van der Waals surface area contributed by atoms with E-state index in [9.17, 15) is 9.59 Å². The monoisotopic (exact) mass is 339 g/mol. The largest absolute Gasteiger partial charge is 0.334 e.